The van der Waals surface area contributed by atoms with E-state index < -0.39 is 0 Å². The monoisotopic (exact) mass is 269 g/mol. The van der Waals surface area contributed by atoms with Crippen molar-refractivity contribution in [3.63, 3.8) is 0 Å². The molecule has 1 aromatic heterocycles. The smallest absolute Gasteiger partial charge is 0.243 e. The number of nitrogens with one attached hydrogen (secondary N) is 1. The number of hydrogen-bond donors (Lipinski definition) is 1. The normalized spacial score (nSPS) is 15.2. The summed E-state index contributed by atoms with van der Waals surface area (Å²) in [5.74, 6) is 0.185. The van der Waals surface area contributed by atoms with Gasteiger partial charge < -0.3 is 0 Å². The van der Waals surface area contributed by atoms with Crippen molar-refractivity contribution in [1.82, 2.24) is 20.2 Å². The van der Waals surface area contributed by atoms with Crippen molar-refractivity contribution in [3.8, 4) is 5.69 Å². The van der Waals surface area contributed by atoms with E-state index in [4.69, 9.17) is 0 Å². The van der Waals surface area contributed by atoms with Crippen molar-refractivity contribution >= 4 is 11.6 Å². The summed E-state index contributed by atoms with van der Waals surface area (Å²) in [7, 11) is 0. The number of amides is 1. The lowest BCUT2D eigenvalue weighted by molar-refractivity contribution is -0.122. The molecule has 0 spiro atoms. The molecule has 0 radical (unpaired) electrons. The van der Waals surface area contributed by atoms with Gasteiger partial charge >= 0.3 is 0 Å². The standard InChI is InChI=1S/C14H15N5O/c1-10(17-18-14(20)12-2-3-12)11-4-6-13(7-5-11)19-9-15-8-16-19/h4-9,12H,2-3H2,1H3,(H,18,20)/b17-10+. The molecule has 1 aliphatic carbocycles. The van der Waals surface area contributed by atoms with Crippen LogP contribution in [0.3, 0.4) is 0 Å². The molecule has 6 heteroatoms. The minimum absolute atomic E-state index is 0.0172. The van der Waals surface area contributed by atoms with Crippen molar-refractivity contribution in [1.29, 1.82) is 0 Å². The van der Waals surface area contributed by atoms with Gasteiger partial charge in [-0.2, -0.15) is 10.2 Å². The minimum atomic E-state index is 0.0172. The molecule has 1 heterocycles. The second-order valence-electron chi connectivity index (χ2n) is 4.83. The van der Waals surface area contributed by atoms with E-state index in [2.05, 4.69) is 20.6 Å². The van der Waals surface area contributed by atoms with Crippen LogP contribution in [0.5, 0.6) is 0 Å². The van der Waals surface area contributed by atoms with Gasteiger partial charge in [-0.15, -0.1) is 0 Å². The topological polar surface area (TPSA) is 72.2 Å². The number of hydrogen-bond acceptors (Lipinski definition) is 4. The lowest BCUT2D eigenvalue weighted by Gasteiger charge is -2.04. The lowest BCUT2D eigenvalue weighted by Crippen LogP contribution is -2.20. The molecule has 1 amide bonds. The molecule has 20 heavy (non-hydrogen) atoms. The van der Waals surface area contributed by atoms with Crippen LogP contribution in [0, 0.1) is 5.92 Å². The molecule has 2 aromatic rings. The minimum Gasteiger partial charge on any atom is -0.273 e. The van der Waals surface area contributed by atoms with Crippen LogP contribution < -0.4 is 5.43 Å². The van der Waals surface area contributed by atoms with Gasteiger partial charge in [-0.25, -0.2) is 15.1 Å². The molecule has 1 aromatic carbocycles. The molecule has 1 saturated carbocycles. The van der Waals surface area contributed by atoms with E-state index in [-0.39, 0.29) is 11.8 Å². The van der Waals surface area contributed by atoms with Crippen LogP contribution >= 0.6 is 0 Å². The summed E-state index contributed by atoms with van der Waals surface area (Å²) in [6.45, 7) is 1.87. The summed E-state index contributed by atoms with van der Waals surface area (Å²) in [5, 5.41) is 8.20. The highest BCUT2D eigenvalue weighted by Gasteiger charge is 2.29. The Balaban J connectivity index is 1.70. The molecule has 0 unspecified atom stereocenters. The third-order valence-corrected chi connectivity index (χ3v) is 3.25. The van der Waals surface area contributed by atoms with Crippen LogP contribution in [0.4, 0.5) is 0 Å². The molecule has 0 bridgehead atoms. The predicted molar refractivity (Wildman–Crippen MR) is 74.4 cm³/mol. The second-order valence-corrected chi connectivity index (χ2v) is 4.83. The van der Waals surface area contributed by atoms with Crippen LogP contribution in [-0.2, 0) is 4.79 Å². The fourth-order valence-electron chi connectivity index (χ4n) is 1.84. The predicted octanol–water partition coefficient (Wildman–Crippen LogP) is 1.52. The Kier molecular flexibility index (Phi) is 3.28. The van der Waals surface area contributed by atoms with Crippen LogP contribution in [-0.4, -0.2) is 26.4 Å². The van der Waals surface area contributed by atoms with Crippen LogP contribution in [0.2, 0.25) is 0 Å². The Hall–Kier alpha value is -2.50. The first-order chi connectivity index (χ1) is 9.74. The highest BCUT2D eigenvalue weighted by Crippen LogP contribution is 2.28. The lowest BCUT2D eigenvalue weighted by atomic mass is 10.1. The zero-order valence-electron chi connectivity index (χ0n) is 11.2. The summed E-state index contributed by atoms with van der Waals surface area (Å²) < 4.78 is 1.69. The van der Waals surface area contributed by atoms with E-state index in [0.717, 1.165) is 29.8 Å². The van der Waals surface area contributed by atoms with Gasteiger partial charge in [0.25, 0.3) is 0 Å². The third-order valence-electron chi connectivity index (χ3n) is 3.25. The average Bonchev–Trinajstić information content (AvgIpc) is 3.19. The number of carbonyl (C=O) groups excluding carboxylic acids is 1. The van der Waals surface area contributed by atoms with Gasteiger partial charge in [0.2, 0.25) is 5.91 Å². The van der Waals surface area contributed by atoms with Gasteiger partial charge in [0, 0.05) is 5.92 Å². The van der Waals surface area contributed by atoms with E-state index in [1.807, 2.05) is 31.2 Å². The maximum Gasteiger partial charge on any atom is 0.243 e. The van der Waals surface area contributed by atoms with Crippen molar-refractivity contribution in [2.24, 2.45) is 11.0 Å². The van der Waals surface area contributed by atoms with Crippen LogP contribution in [0.25, 0.3) is 5.69 Å². The van der Waals surface area contributed by atoms with Gasteiger partial charge in [-0.05, 0) is 37.5 Å². The second kappa shape index (κ2) is 5.24. The van der Waals surface area contributed by atoms with Gasteiger partial charge in [-0.3, -0.25) is 4.79 Å². The Morgan fingerprint density at radius 2 is 2.10 bits per heavy atom. The number of carbonyl (C=O) groups is 1. The molecule has 3 rings (SSSR count). The molecule has 6 nitrogen and oxygen atoms in total. The summed E-state index contributed by atoms with van der Waals surface area (Å²) in [5.41, 5.74) is 5.28. The maximum atomic E-state index is 11.5. The van der Waals surface area contributed by atoms with Crippen LogP contribution in [0.1, 0.15) is 25.3 Å². The highest BCUT2D eigenvalue weighted by atomic mass is 16.2. The number of hydrazone groups is 1. The van der Waals surface area contributed by atoms with E-state index in [0.29, 0.717) is 0 Å². The molecule has 1 fully saturated rings. The highest BCUT2D eigenvalue weighted by molar-refractivity contribution is 5.99. The van der Waals surface area contributed by atoms with Crippen LogP contribution in [0.15, 0.2) is 42.0 Å². The summed E-state index contributed by atoms with van der Waals surface area (Å²) in [6.07, 6.45) is 5.10. The van der Waals surface area contributed by atoms with Gasteiger partial charge in [0.1, 0.15) is 12.7 Å². The molecule has 102 valence electrons. The van der Waals surface area contributed by atoms with Gasteiger partial charge in [-0.1, -0.05) is 12.1 Å². The van der Waals surface area contributed by atoms with Gasteiger partial charge in [0.15, 0.2) is 0 Å². The van der Waals surface area contributed by atoms with Crippen molar-refractivity contribution in [2.45, 2.75) is 19.8 Å². The molecule has 1 aliphatic rings. The maximum absolute atomic E-state index is 11.5. The number of rotatable bonds is 4. The Bertz CT molecular complexity index is 626. The van der Waals surface area contributed by atoms with Gasteiger partial charge in [0.05, 0.1) is 11.4 Å². The zero-order chi connectivity index (χ0) is 13.9. The summed E-state index contributed by atoms with van der Waals surface area (Å²) >= 11 is 0. The fraction of sp³-hybridized carbons (Fsp3) is 0.286. The fourth-order valence-corrected chi connectivity index (χ4v) is 1.84. The Morgan fingerprint density at radius 1 is 1.35 bits per heavy atom. The molecule has 0 aliphatic heterocycles. The molecule has 0 saturated heterocycles. The quantitative estimate of drug-likeness (QED) is 0.675. The van der Waals surface area contributed by atoms with Crippen molar-refractivity contribution in [2.75, 3.05) is 0 Å². The van der Waals surface area contributed by atoms with E-state index in [9.17, 15) is 4.79 Å². The third kappa shape index (κ3) is 2.74. The van der Waals surface area contributed by atoms with Crippen molar-refractivity contribution in [3.05, 3.63) is 42.5 Å². The van der Waals surface area contributed by atoms with Crippen molar-refractivity contribution < 1.29 is 4.79 Å². The number of aromatic nitrogens is 3. The number of nitrogens with zero attached hydrogens (tertiary/aromatic N) is 4. The summed E-state index contributed by atoms with van der Waals surface area (Å²) in [6, 6.07) is 7.76. The van der Waals surface area contributed by atoms with E-state index in [1.54, 1.807) is 11.0 Å². The van der Waals surface area contributed by atoms with E-state index >= 15 is 0 Å². The van der Waals surface area contributed by atoms with E-state index in [1.165, 1.54) is 6.33 Å². The first-order valence-corrected chi connectivity index (χ1v) is 6.53. The largest absolute Gasteiger partial charge is 0.273 e. The molecule has 0 atom stereocenters. The Labute approximate surface area is 116 Å². The number of benzene rings is 1. The zero-order valence-corrected chi connectivity index (χ0v) is 11.2. The first-order valence-electron chi connectivity index (χ1n) is 6.53. The molecule has 1 N–H and O–H groups in total. The first kappa shape index (κ1) is 12.5. The molecular formula is C14H15N5O. The summed E-state index contributed by atoms with van der Waals surface area (Å²) in [4.78, 5) is 15.4. The molecular weight excluding hydrogens is 254 g/mol. The SMILES string of the molecule is C/C(=N\NC(=O)C1CC1)c1ccc(-n2cncn2)cc1. The Morgan fingerprint density at radius 3 is 2.70 bits per heavy atom. The average molecular weight is 269 g/mol.